The number of aliphatic hydroxyl groups excluding tert-OH is 1. The van der Waals surface area contributed by atoms with Crippen molar-refractivity contribution in [2.24, 2.45) is 11.8 Å². The first kappa shape index (κ1) is 16.1. The van der Waals surface area contributed by atoms with Gasteiger partial charge in [-0.05, 0) is 24.0 Å². The molecule has 7 heteroatoms. The molecule has 0 amide bonds. The number of aliphatic hydroxyl groups is 1. The molecule has 2 atom stereocenters. The molecule has 0 spiro atoms. The smallest absolute Gasteiger partial charge is 0.243 e. The summed E-state index contributed by atoms with van der Waals surface area (Å²) in [6.45, 7) is 2.71. The topological polar surface area (TPSA) is 76.1 Å². The third-order valence-corrected chi connectivity index (χ3v) is 5.79. The number of sulfonamides is 1. The molecule has 1 N–H and O–H groups in total. The first-order valence-corrected chi connectivity index (χ1v) is 8.21. The predicted molar refractivity (Wildman–Crippen MR) is 78.0 cm³/mol. The molecule has 118 valence electrons. The Kier molecular flexibility index (Phi) is 4.75. The van der Waals surface area contributed by atoms with E-state index in [0.717, 1.165) is 0 Å². The van der Waals surface area contributed by atoms with Crippen LogP contribution in [-0.4, -0.2) is 51.7 Å². The highest BCUT2D eigenvalue weighted by molar-refractivity contribution is 7.89. The minimum atomic E-state index is -3.59. The van der Waals surface area contributed by atoms with E-state index in [-0.39, 0.29) is 23.3 Å². The third kappa shape index (κ3) is 3.00. The summed E-state index contributed by atoms with van der Waals surface area (Å²) in [6, 6.07) is 4.55. The van der Waals surface area contributed by atoms with E-state index in [1.54, 1.807) is 6.07 Å². The van der Waals surface area contributed by atoms with Crippen molar-refractivity contribution in [2.45, 2.75) is 11.8 Å². The Balaban J connectivity index is 2.32. The lowest BCUT2D eigenvalue weighted by Crippen LogP contribution is -2.29. The Bertz CT molecular complexity index is 601. The average molecular weight is 315 g/mol. The van der Waals surface area contributed by atoms with E-state index in [1.165, 1.54) is 30.7 Å². The summed E-state index contributed by atoms with van der Waals surface area (Å²) in [6.07, 6.45) is 0. The van der Waals surface area contributed by atoms with Crippen LogP contribution >= 0.6 is 0 Å². The predicted octanol–water partition coefficient (Wildman–Crippen LogP) is 0.953. The monoisotopic (exact) mass is 315 g/mol. The van der Waals surface area contributed by atoms with Gasteiger partial charge in [0.25, 0.3) is 0 Å². The Morgan fingerprint density at radius 2 is 1.90 bits per heavy atom. The maximum absolute atomic E-state index is 12.7. The molecule has 0 saturated carbocycles. The maximum Gasteiger partial charge on any atom is 0.243 e. The third-order valence-electron chi connectivity index (χ3n) is 3.96. The van der Waals surface area contributed by atoms with Crippen LogP contribution in [0.1, 0.15) is 6.92 Å². The normalized spacial score (nSPS) is 23.2. The lowest BCUT2D eigenvalue weighted by molar-refractivity contribution is 0.210. The highest BCUT2D eigenvalue weighted by atomic mass is 32.2. The van der Waals surface area contributed by atoms with E-state index < -0.39 is 10.0 Å². The van der Waals surface area contributed by atoms with Gasteiger partial charge in [0.1, 0.15) is 0 Å². The molecule has 2 rings (SSSR count). The Morgan fingerprint density at radius 1 is 1.24 bits per heavy atom. The van der Waals surface area contributed by atoms with E-state index in [9.17, 15) is 13.5 Å². The number of ether oxygens (including phenoxy) is 2. The van der Waals surface area contributed by atoms with Crippen LogP contribution in [-0.2, 0) is 10.0 Å². The van der Waals surface area contributed by atoms with Gasteiger partial charge in [0.2, 0.25) is 10.0 Å². The van der Waals surface area contributed by atoms with Crippen molar-refractivity contribution in [1.82, 2.24) is 4.31 Å². The first-order valence-electron chi connectivity index (χ1n) is 6.77. The number of hydrogen-bond donors (Lipinski definition) is 1. The van der Waals surface area contributed by atoms with Gasteiger partial charge >= 0.3 is 0 Å². The van der Waals surface area contributed by atoms with Crippen LogP contribution in [0.4, 0.5) is 0 Å². The van der Waals surface area contributed by atoms with Crippen molar-refractivity contribution in [3.63, 3.8) is 0 Å². The number of benzene rings is 1. The Labute approximate surface area is 125 Å². The molecule has 1 aromatic carbocycles. The molecule has 0 aliphatic carbocycles. The molecular weight excluding hydrogens is 294 g/mol. The van der Waals surface area contributed by atoms with Gasteiger partial charge in [-0.3, -0.25) is 0 Å². The van der Waals surface area contributed by atoms with E-state index in [4.69, 9.17) is 9.47 Å². The molecule has 1 aliphatic heterocycles. The van der Waals surface area contributed by atoms with Crippen molar-refractivity contribution < 1.29 is 23.0 Å². The number of hydrogen-bond acceptors (Lipinski definition) is 5. The van der Waals surface area contributed by atoms with Crippen LogP contribution in [0.25, 0.3) is 0 Å². The highest BCUT2D eigenvalue weighted by Crippen LogP contribution is 2.33. The van der Waals surface area contributed by atoms with Crippen LogP contribution < -0.4 is 9.47 Å². The molecule has 0 bridgehead atoms. The summed E-state index contributed by atoms with van der Waals surface area (Å²) in [5.74, 6) is 0.994. The fourth-order valence-electron chi connectivity index (χ4n) is 2.55. The van der Waals surface area contributed by atoms with Crippen molar-refractivity contribution in [1.29, 1.82) is 0 Å². The molecule has 21 heavy (non-hydrogen) atoms. The number of nitrogens with zero attached hydrogens (tertiary/aromatic N) is 1. The molecule has 0 aromatic heterocycles. The summed E-state index contributed by atoms with van der Waals surface area (Å²) < 4.78 is 37.0. The standard InChI is InChI=1S/C14H21NO5S/c1-10-7-15(8-11(10)9-16)21(17,18)12-4-5-13(19-2)14(6-12)20-3/h4-6,10-11,16H,7-9H2,1-3H3/t10-,11+/m1/s1. The lowest BCUT2D eigenvalue weighted by Gasteiger charge is -2.17. The van der Waals surface area contributed by atoms with Crippen LogP contribution in [0.5, 0.6) is 11.5 Å². The lowest BCUT2D eigenvalue weighted by atomic mass is 10.00. The van der Waals surface area contributed by atoms with Gasteiger partial charge in [0, 0.05) is 25.8 Å². The molecule has 1 aliphatic rings. The molecule has 1 heterocycles. The second-order valence-electron chi connectivity index (χ2n) is 5.26. The first-order chi connectivity index (χ1) is 9.93. The molecular formula is C14H21NO5S. The van der Waals surface area contributed by atoms with Crippen LogP contribution in [0, 0.1) is 11.8 Å². The van der Waals surface area contributed by atoms with E-state index in [2.05, 4.69) is 0 Å². The van der Waals surface area contributed by atoms with Gasteiger partial charge < -0.3 is 14.6 Å². The summed E-state index contributed by atoms with van der Waals surface area (Å²) in [7, 11) is -0.619. The largest absolute Gasteiger partial charge is 0.493 e. The zero-order valence-electron chi connectivity index (χ0n) is 12.4. The van der Waals surface area contributed by atoms with Crippen molar-refractivity contribution in [3.05, 3.63) is 18.2 Å². The van der Waals surface area contributed by atoms with Gasteiger partial charge in [-0.1, -0.05) is 6.92 Å². The zero-order valence-corrected chi connectivity index (χ0v) is 13.3. The average Bonchev–Trinajstić information content (AvgIpc) is 2.88. The summed E-state index contributed by atoms with van der Waals surface area (Å²) in [4.78, 5) is 0.172. The number of rotatable bonds is 5. The summed E-state index contributed by atoms with van der Waals surface area (Å²) >= 11 is 0. The minimum Gasteiger partial charge on any atom is -0.493 e. The van der Waals surface area contributed by atoms with Gasteiger partial charge in [-0.15, -0.1) is 0 Å². The second kappa shape index (κ2) is 6.21. The van der Waals surface area contributed by atoms with Crippen molar-refractivity contribution >= 4 is 10.0 Å². The minimum absolute atomic E-state index is 0.000873. The highest BCUT2D eigenvalue weighted by Gasteiger charge is 2.37. The van der Waals surface area contributed by atoms with Crippen LogP contribution in [0.15, 0.2) is 23.1 Å². The van der Waals surface area contributed by atoms with Crippen molar-refractivity contribution in [3.8, 4) is 11.5 Å². The summed E-state index contributed by atoms with van der Waals surface area (Å²) in [5.41, 5.74) is 0. The number of methoxy groups -OCH3 is 2. The zero-order chi connectivity index (χ0) is 15.6. The molecule has 1 fully saturated rings. The van der Waals surface area contributed by atoms with E-state index in [1.807, 2.05) is 6.92 Å². The van der Waals surface area contributed by atoms with Gasteiger partial charge in [-0.2, -0.15) is 4.31 Å². The fraction of sp³-hybridized carbons (Fsp3) is 0.571. The van der Waals surface area contributed by atoms with Gasteiger partial charge in [-0.25, -0.2) is 8.42 Å². The quantitative estimate of drug-likeness (QED) is 0.875. The molecule has 6 nitrogen and oxygen atoms in total. The maximum atomic E-state index is 12.7. The molecule has 1 saturated heterocycles. The molecule has 0 unspecified atom stereocenters. The fourth-order valence-corrected chi connectivity index (χ4v) is 4.16. The van der Waals surface area contributed by atoms with E-state index >= 15 is 0 Å². The van der Waals surface area contributed by atoms with Gasteiger partial charge in [0.05, 0.1) is 19.1 Å². The second-order valence-corrected chi connectivity index (χ2v) is 7.20. The van der Waals surface area contributed by atoms with E-state index in [0.29, 0.717) is 24.6 Å². The van der Waals surface area contributed by atoms with Crippen molar-refractivity contribution in [2.75, 3.05) is 33.9 Å². The molecule has 1 aromatic rings. The molecule has 0 radical (unpaired) electrons. The van der Waals surface area contributed by atoms with Gasteiger partial charge in [0.15, 0.2) is 11.5 Å². The SMILES string of the molecule is COc1ccc(S(=O)(=O)N2C[C@@H](CO)[C@H](C)C2)cc1OC. The Hall–Kier alpha value is -1.31. The summed E-state index contributed by atoms with van der Waals surface area (Å²) in [5, 5.41) is 9.28. The Morgan fingerprint density at radius 3 is 2.43 bits per heavy atom. The van der Waals surface area contributed by atoms with Crippen LogP contribution in [0.3, 0.4) is 0 Å². The van der Waals surface area contributed by atoms with Crippen LogP contribution in [0.2, 0.25) is 0 Å².